The summed E-state index contributed by atoms with van der Waals surface area (Å²) < 4.78 is 0. The van der Waals surface area contributed by atoms with E-state index in [4.69, 9.17) is 11.6 Å². The van der Waals surface area contributed by atoms with Crippen molar-refractivity contribution < 1.29 is 9.59 Å². The number of carbonyl (C=O) groups is 2. The monoisotopic (exact) mass is 427 g/mol. The fraction of sp³-hybridized carbons (Fsp3) is 0.200. The Balaban J connectivity index is 1.35. The van der Waals surface area contributed by atoms with Gasteiger partial charge in [0.25, 0.3) is 5.91 Å². The molecule has 2 N–H and O–H groups in total. The highest BCUT2D eigenvalue weighted by atomic mass is 35.5. The third kappa shape index (κ3) is 4.97. The minimum absolute atomic E-state index is 0.0936. The van der Waals surface area contributed by atoms with Crippen LogP contribution in [0.3, 0.4) is 0 Å². The van der Waals surface area contributed by atoms with Crippen LogP contribution in [0.4, 0.5) is 10.8 Å². The van der Waals surface area contributed by atoms with Gasteiger partial charge >= 0.3 is 0 Å². The smallest absolute Gasteiger partial charge is 0.276 e. The molecular formula is C20H18ClN5O2S. The summed E-state index contributed by atoms with van der Waals surface area (Å²) in [5, 5.41) is 6.80. The van der Waals surface area contributed by atoms with Gasteiger partial charge in [0.15, 0.2) is 5.13 Å². The van der Waals surface area contributed by atoms with E-state index in [0.29, 0.717) is 28.1 Å². The molecule has 0 atom stereocenters. The number of benzene rings is 1. The van der Waals surface area contributed by atoms with Crippen molar-refractivity contribution in [2.24, 2.45) is 0 Å². The number of hydrogen-bond donors (Lipinski definition) is 2. The van der Waals surface area contributed by atoms with Crippen molar-refractivity contribution in [1.29, 1.82) is 0 Å². The largest absolute Gasteiger partial charge is 0.325 e. The van der Waals surface area contributed by atoms with Crippen molar-refractivity contribution in [3.8, 4) is 0 Å². The molecule has 2 aromatic heterocycles. The number of carbonyl (C=O) groups excluding carboxylic acids is 2. The van der Waals surface area contributed by atoms with Crippen LogP contribution in [0.15, 0.2) is 48.7 Å². The van der Waals surface area contributed by atoms with Gasteiger partial charge in [-0.2, -0.15) is 0 Å². The number of nitrogens with zero attached hydrogens (tertiary/aromatic N) is 3. The maximum Gasteiger partial charge on any atom is 0.276 e. The first-order chi connectivity index (χ1) is 14.1. The molecule has 148 valence electrons. The molecule has 0 saturated carbocycles. The predicted octanol–water partition coefficient (Wildman–Crippen LogP) is 3.44. The summed E-state index contributed by atoms with van der Waals surface area (Å²) in [4.78, 5) is 36.3. The second kappa shape index (κ2) is 8.69. The van der Waals surface area contributed by atoms with E-state index < -0.39 is 0 Å². The van der Waals surface area contributed by atoms with Crippen LogP contribution in [0, 0.1) is 0 Å². The zero-order valence-electron chi connectivity index (χ0n) is 15.4. The van der Waals surface area contributed by atoms with Crippen LogP contribution in [-0.2, 0) is 17.8 Å². The van der Waals surface area contributed by atoms with E-state index in [-0.39, 0.29) is 18.4 Å². The summed E-state index contributed by atoms with van der Waals surface area (Å²) in [7, 11) is 0. The number of aromatic nitrogens is 2. The van der Waals surface area contributed by atoms with Crippen molar-refractivity contribution >= 4 is 45.6 Å². The quantitative estimate of drug-likeness (QED) is 0.651. The Kier molecular flexibility index (Phi) is 5.84. The Morgan fingerprint density at radius 1 is 1.17 bits per heavy atom. The molecule has 1 aliphatic rings. The van der Waals surface area contributed by atoms with E-state index in [2.05, 4.69) is 25.5 Å². The molecule has 29 heavy (non-hydrogen) atoms. The number of thiazole rings is 1. The summed E-state index contributed by atoms with van der Waals surface area (Å²) in [6, 6.07) is 12.3. The third-order valence-electron chi connectivity index (χ3n) is 4.40. The SMILES string of the molecule is O=C(CN1CCc2nc(NC(=O)c3ccccn3)sc2C1)Nc1cccc(Cl)c1. The second-order valence-corrected chi connectivity index (χ2v) is 8.10. The maximum atomic E-state index is 12.3. The van der Waals surface area contributed by atoms with E-state index in [1.54, 1.807) is 48.7 Å². The van der Waals surface area contributed by atoms with Crippen molar-refractivity contribution in [2.75, 3.05) is 23.7 Å². The van der Waals surface area contributed by atoms with Gasteiger partial charge in [0.2, 0.25) is 5.91 Å². The van der Waals surface area contributed by atoms with Gasteiger partial charge in [0.05, 0.1) is 12.2 Å². The fourth-order valence-corrected chi connectivity index (χ4v) is 4.30. The lowest BCUT2D eigenvalue weighted by Gasteiger charge is -2.25. The third-order valence-corrected chi connectivity index (χ3v) is 5.64. The summed E-state index contributed by atoms with van der Waals surface area (Å²) in [5.74, 6) is -0.377. The molecule has 1 aromatic carbocycles. The molecule has 2 amide bonds. The highest BCUT2D eigenvalue weighted by molar-refractivity contribution is 7.15. The molecule has 3 heterocycles. The Labute approximate surface area is 176 Å². The molecule has 9 heteroatoms. The maximum absolute atomic E-state index is 12.3. The van der Waals surface area contributed by atoms with E-state index in [0.717, 1.165) is 23.5 Å². The van der Waals surface area contributed by atoms with Crippen LogP contribution < -0.4 is 10.6 Å². The van der Waals surface area contributed by atoms with Crippen molar-refractivity contribution in [3.63, 3.8) is 0 Å². The van der Waals surface area contributed by atoms with Gasteiger partial charge in [-0.15, -0.1) is 11.3 Å². The number of fused-ring (bicyclic) bond motifs is 1. The molecule has 3 aromatic rings. The highest BCUT2D eigenvalue weighted by Gasteiger charge is 2.23. The molecule has 0 fully saturated rings. The minimum atomic E-state index is -0.283. The second-order valence-electron chi connectivity index (χ2n) is 6.58. The van der Waals surface area contributed by atoms with Crippen molar-refractivity contribution in [3.05, 3.63) is 69.9 Å². The molecule has 0 aliphatic carbocycles. The summed E-state index contributed by atoms with van der Waals surface area (Å²) in [5.41, 5.74) is 2.00. The summed E-state index contributed by atoms with van der Waals surface area (Å²) in [6.45, 7) is 1.63. The number of nitrogens with one attached hydrogen (secondary N) is 2. The molecule has 0 bridgehead atoms. The van der Waals surface area contributed by atoms with Crippen LogP contribution in [-0.4, -0.2) is 39.8 Å². The predicted molar refractivity (Wildman–Crippen MR) is 113 cm³/mol. The zero-order valence-corrected chi connectivity index (χ0v) is 17.0. The van der Waals surface area contributed by atoms with Crippen LogP contribution in [0.1, 0.15) is 21.1 Å². The lowest BCUT2D eigenvalue weighted by Crippen LogP contribution is -2.36. The van der Waals surface area contributed by atoms with Crippen LogP contribution >= 0.6 is 22.9 Å². The Hall–Kier alpha value is -2.81. The molecule has 1 aliphatic heterocycles. The van der Waals surface area contributed by atoms with E-state index >= 15 is 0 Å². The van der Waals surface area contributed by atoms with Gasteiger partial charge in [0, 0.05) is 41.3 Å². The lowest BCUT2D eigenvalue weighted by molar-refractivity contribution is -0.117. The molecule has 0 saturated heterocycles. The number of halogens is 1. The van der Waals surface area contributed by atoms with Crippen LogP contribution in [0.2, 0.25) is 5.02 Å². The lowest BCUT2D eigenvalue weighted by atomic mass is 10.2. The molecular weight excluding hydrogens is 410 g/mol. The minimum Gasteiger partial charge on any atom is -0.325 e. The average Bonchev–Trinajstić information content (AvgIpc) is 3.10. The topological polar surface area (TPSA) is 87.2 Å². The van der Waals surface area contributed by atoms with Crippen LogP contribution in [0.25, 0.3) is 0 Å². The zero-order chi connectivity index (χ0) is 20.2. The van der Waals surface area contributed by atoms with E-state index in [9.17, 15) is 9.59 Å². The standard InChI is InChI=1S/C20H18ClN5O2S/c21-13-4-3-5-14(10-13)23-18(27)12-26-9-7-15-17(11-26)29-20(24-15)25-19(28)16-6-1-2-8-22-16/h1-6,8,10H,7,9,11-12H2,(H,23,27)(H,24,25,28). The van der Waals surface area contributed by atoms with E-state index in [1.807, 2.05) is 0 Å². The van der Waals surface area contributed by atoms with Gasteiger partial charge in [-0.1, -0.05) is 23.7 Å². The molecule has 0 spiro atoms. The van der Waals surface area contributed by atoms with Gasteiger partial charge in [-0.25, -0.2) is 4.98 Å². The number of pyridine rings is 1. The van der Waals surface area contributed by atoms with Gasteiger partial charge in [-0.05, 0) is 30.3 Å². The van der Waals surface area contributed by atoms with E-state index in [1.165, 1.54) is 11.3 Å². The first kappa shape index (κ1) is 19.5. The molecule has 4 rings (SSSR count). The Bertz CT molecular complexity index is 1040. The summed E-state index contributed by atoms with van der Waals surface area (Å²) >= 11 is 7.39. The number of anilines is 2. The van der Waals surface area contributed by atoms with Gasteiger partial charge in [-0.3, -0.25) is 24.8 Å². The van der Waals surface area contributed by atoms with Crippen molar-refractivity contribution in [1.82, 2.24) is 14.9 Å². The van der Waals surface area contributed by atoms with Crippen molar-refractivity contribution in [2.45, 2.75) is 13.0 Å². The Morgan fingerprint density at radius 3 is 2.86 bits per heavy atom. The number of hydrogen-bond acceptors (Lipinski definition) is 6. The number of amides is 2. The van der Waals surface area contributed by atoms with Gasteiger partial charge in [0.1, 0.15) is 5.69 Å². The summed E-state index contributed by atoms with van der Waals surface area (Å²) in [6.07, 6.45) is 2.31. The molecule has 0 radical (unpaired) electrons. The Morgan fingerprint density at radius 2 is 2.07 bits per heavy atom. The number of rotatable bonds is 5. The first-order valence-electron chi connectivity index (χ1n) is 9.05. The highest BCUT2D eigenvalue weighted by Crippen LogP contribution is 2.28. The average molecular weight is 428 g/mol. The molecule has 0 unspecified atom stereocenters. The fourth-order valence-electron chi connectivity index (χ4n) is 3.06. The molecule has 7 nitrogen and oxygen atoms in total. The van der Waals surface area contributed by atoms with Crippen LogP contribution in [0.5, 0.6) is 0 Å². The van der Waals surface area contributed by atoms with Gasteiger partial charge < -0.3 is 5.32 Å². The normalized spacial score (nSPS) is 13.6. The first-order valence-corrected chi connectivity index (χ1v) is 10.2.